The van der Waals surface area contributed by atoms with Gasteiger partial charge in [-0.05, 0) is 34.0 Å². The number of nitrogens with one attached hydrogen (secondary N) is 1. The second-order valence-electron chi connectivity index (χ2n) is 3.59. The fourth-order valence-corrected chi connectivity index (χ4v) is 1.59. The molecule has 0 radical (unpaired) electrons. The third kappa shape index (κ3) is 3.59. The number of rotatable bonds is 4. The quantitative estimate of drug-likeness (QED) is 0.932. The van der Waals surface area contributed by atoms with Gasteiger partial charge >= 0.3 is 0 Å². The first-order valence-corrected chi connectivity index (χ1v) is 6.19. The van der Waals surface area contributed by atoms with Gasteiger partial charge in [-0.15, -0.1) is 0 Å². The Hall–Kier alpha value is -1.82. The van der Waals surface area contributed by atoms with Crippen molar-refractivity contribution in [1.29, 1.82) is 0 Å². The van der Waals surface area contributed by atoms with Crippen LogP contribution in [0.1, 0.15) is 16.1 Å². The van der Waals surface area contributed by atoms with Gasteiger partial charge in [0.25, 0.3) is 5.91 Å². The molecule has 2 aromatic rings. The number of carbonyl (C=O) groups excluding carboxylic acids is 1. The van der Waals surface area contributed by atoms with Crippen LogP contribution in [0, 0.1) is 0 Å². The summed E-state index contributed by atoms with van der Waals surface area (Å²) in [7, 11) is 0. The van der Waals surface area contributed by atoms with E-state index in [-0.39, 0.29) is 5.91 Å². The van der Waals surface area contributed by atoms with Gasteiger partial charge in [0.05, 0.1) is 12.4 Å². The molecule has 1 amide bonds. The van der Waals surface area contributed by atoms with E-state index in [1.54, 1.807) is 12.4 Å². The van der Waals surface area contributed by atoms with Gasteiger partial charge in [-0.3, -0.25) is 9.78 Å². The molecule has 0 atom stereocenters. The largest absolute Gasteiger partial charge is 0.350 e. The van der Waals surface area contributed by atoms with E-state index in [1.165, 1.54) is 12.4 Å². The maximum atomic E-state index is 11.7. The van der Waals surface area contributed by atoms with Gasteiger partial charge in [-0.1, -0.05) is 6.07 Å². The van der Waals surface area contributed by atoms with Crippen LogP contribution >= 0.6 is 15.9 Å². The lowest BCUT2D eigenvalue weighted by molar-refractivity contribution is 0.0948. The number of nitrogens with zero attached hydrogens (tertiary/aromatic N) is 3. The maximum Gasteiger partial charge on any atom is 0.271 e. The van der Waals surface area contributed by atoms with E-state index in [2.05, 4.69) is 36.2 Å². The third-order valence-corrected chi connectivity index (χ3v) is 2.68. The van der Waals surface area contributed by atoms with Crippen LogP contribution in [0.15, 0.2) is 41.5 Å². The van der Waals surface area contributed by atoms with Crippen molar-refractivity contribution in [3.63, 3.8) is 0 Å². The van der Waals surface area contributed by atoms with Crippen LogP contribution in [0.5, 0.6) is 0 Å². The minimum atomic E-state index is -0.223. The highest BCUT2D eigenvalue weighted by Crippen LogP contribution is 2.02. The fraction of sp³-hybridized carbons (Fsp3) is 0.167. The first kappa shape index (κ1) is 12.6. The normalized spacial score (nSPS) is 10.1. The maximum absolute atomic E-state index is 11.7. The average Bonchev–Trinajstić information content (AvgIpc) is 2.40. The molecular weight excluding hydrogens is 296 g/mol. The molecule has 0 saturated carbocycles. The van der Waals surface area contributed by atoms with Crippen LogP contribution in [-0.4, -0.2) is 27.4 Å². The summed E-state index contributed by atoms with van der Waals surface area (Å²) in [6.45, 7) is 0.544. The first-order chi connectivity index (χ1) is 8.75. The number of hydrogen-bond donors (Lipinski definition) is 1. The Kier molecular flexibility index (Phi) is 4.35. The van der Waals surface area contributed by atoms with Crippen LogP contribution in [0.2, 0.25) is 0 Å². The van der Waals surface area contributed by atoms with Crippen molar-refractivity contribution in [2.45, 2.75) is 6.42 Å². The molecule has 2 aromatic heterocycles. The van der Waals surface area contributed by atoms with Crippen molar-refractivity contribution < 1.29 is 4.79 Å². The summed E-state index contributed by atoms with van der Waals surface area (Å²) >= 11 is 3.17. The zero-order valence-electron chi connectivity index (χ0n) is 9.51. The van der Waals surface area contributed by atoms with Crippen molar-refractivity contribution in [1.82, 2.24) is 20.3 Å². The molecule has 0 aliphatic carbocycles. The fourth-order valence-electron chi connectivity index (χ4n) is 1.39. The highest BCUT2D eigenvalue weighted by Gasteiger charge is 2.06. The van der Waals surface area contributed by atoms with Crippen LogP contribution in [0.3, 0.4) is 0 Å². The summed E-state index contributed by atoms with van der Waals surface area (Å²) < 4.78 is 0.606. The number of halogens is 1. The van der Waals surface area contributed by atoms with Gasteiger partial charge in [0.1, 0.15) is 10.3 Å². The van der Waals surface area contributed by atoms with Crippen molar-refractivity contribution in [3.8, 4) is 0 Å². The predicted molar refractivity (Wildman–Crippen MR) is 70.0 cm³/mol. The molecule has 0 aliphatic rings. The van der Waals surface area contributed by atoms with Gasteiger partial charge < -0.3 is 5.32 Å². The summed E-state index contributed by atoms with van der Waals surface area (Å²) in [6.07, 6.45) is 7.17. The number of aromatic nitrogens is 3. The zero-order valence-corrected chi connectivity index (χ0v) is 11.1. The van der Waals surface area contributed by atoms with Crippen LogP contribution in [0.4, 0.5) is 0 Å². The minimum Gasteiger partial charge on any atom is -0.350 e. The monoisotopic (exact) mass is 306 g/mol. The van der Waals surface area contributed by atoms with E-state index in [0.717, 1.165) is 12.0 Å². The highest BCUT2D eigenvalue weighted by atomic mass is 79.9. The summed E-state index contributed by atoms with van der Waals surface area (Å²) in [5.41, 5.74) is 1.39. The first-order valence-electron chi connectivity index (χ1n) is 5.40. The van der Waals surface area contributed by atoms with E-state index < -0.39 is 0 Å². The number of carbonyl (C=O) groups is 1. The molecule has 5 nitrogen and oxygen atoms in total. The van der Waals surface area contributed by atoms with E-state index in [1.807, 2.05) is 12.1 Å². The third-order valence-electron chi connectivity index (χ3n) is 2.27. The molecule has 2 rings (SSSR count). The number of hydrogen-bond acceptors (Lipinski definition) is 4. The molecule has 6 heteroatoms. The Morgan fingerprint density at radius 2 is 2.17 bits per heavy atom. The Labute approximate surface area is 113 Å². The average molecular weight is 307 g/mol. The second kappa shape index (κ2) is 6.20. The smallest absolute Gasteiger partial charge is 0.271 e. The van der Waals surface area contributed by atoms with E-state index >= 15 is 0 Å². The van der Waals surface area contributed by atoms with Gasteiger partial charge in [0, 0.05) is 18.9 Å². The van der Waals surface area contributed by atoms with Crippen LogP contribution < -0.4 is 5.32 Å². The molecule has 0 saturated heterocycles. The molecule has 0 aromatic carbocycles. The molecule has 18 heavy (non-hydrogen) atoms. The molecule has 0 unspecified atom stereocenters. The lowest BCUT2D eigenvalue weighted by atomic mass is 10.2. The molecule has 92 valence electrons. The summed E-state index contributed by atoms with van der Waals surface area (Å²) in [5.74, 6) is -0.223. The van der Waals surface area contributed by atoms with Crippen LogP contribution in [-0.2, 0) is 6.42 Å². The number of pyridine rings is 1. The Bertz CT molecular complexity index is 515. The molecule has 0 aliphatic heterocycles. The summed E-state index contributed by atoms with van der Waals surface area (Å²) in [4.78, 5) is 23.6. The van der Waals surface area contributed by atoms with E-state index in [0.29, 0.717) is 16.8 Å². The van der Waals surface area contributed by atoms with Crippen molar-refractivity contribution in [2.24, 2.45) is 0 Å². The van der Waals surface area contributed by atoms with Crippen LogP contribution in [0.25, 0.3) is 0 Å². The number of amides is 1. The minimum absolute atomic E-state index is 0.223. The zero-order chi connectivity index (χ0) is 12.8. The molecule has 2 heterocycles. The Morgan fingerprint density at radius 3 is 2.83 bits per heavy atom. The molecule has 0 fully saturated rings. The lowest BCUT2D eigenvalue weighted by Crippen LogP contribution is -2.26. The molecule has 1 N–H and O–H groups in total. The SMILES string of the molecule is O=C(NCCc1cccnc1)c1cnc(Br)cn1. The molecule has 0 bridgehead atoms. The molecular formula is C12H11BrN4O. The van der Waals surface area contributed by atoms with Crippen molar-refractivity contribution in [2.75, 3.05) is 6.54 Å². The van der Waals surface area contributed by atoms with Gasteiger partial charge in [-0.2, -0.15) is 0 Å². The Morgan fingerprint density at radius 1 is 1.28 bits per heavy atom. The van der Waals surface area contributed by atoms with Gasteiger partial charge in [-0.25, -0.2) is 9.97 Å². The Balaban J connectivity index is 1.84. The summed E-state index contributed by atoms with van der Waals surface area (Å²) in [6, 6.07) is 3.84. The van der Waals surface area contributed by atoms with E-state index in [4.69, 9.17) is 0 Å². The molecule has 0 spiro atoms. The topological polar surface area (TPSA) is 67.8 Å². The standard InChI is InChI=1S/C12H11BrN4O/c13-11-8-16-10(7-17-11)12(18)15-5-3-9-2-1-4-14-6-9/h1-2,4,6-8H,3,5H2,(H,15,18). The van der Waals surface area contributed by atoms with Gasteiger partial charge in [0.2, 0.25) is 0 Å². The second-order valence-corrected chi connectivity index (χ2v) is 4.40. The van der Waals surface area contributed by atoms with E-state index in [9.17, 15) is 4.79 Å². The van der Waals surface area contributed by atoms with Crippen molar-refractivity contribution in [3.05, 3.63) is 52.8 Å². The lowest BCUT2D eigenvalue weighted by Gasteiger charge is -2.04. The predicted octanol–water partition coefficient (Wildman–Crippen LogP) is 1.61. The highest BCUT2D eigenvalue weighted by molar-refractivity contribution is 9.10. The van der Waals surface area contributed by atoms with Crippen molar-refractivity contribution >= 4 is 21.8 Å². The summed E-state index contributed by atoms with van der Waals surface area (Å²) in [5, 5.41) is 2.78. The van der Waals surface area contributed by atoms with Gasteiger partial charge in [0.15, 0.2) is 0 Å².